The molecule has 0 bridgehead atoms. The first-order chi connectivity index (χ1) is 8.12. The van der Waals surface area contributed by atoms with Crippen molar-refractivity contribution in [2.45, 2.75) is 44.7 Å². The lowest BCUT2D eigenvalue weighted by Crippen LogP contribution is -2.28. The molecular formula is C14H18IO2. The Labute approximate surface area is 117 Å². The van der Waals surface area contributed by atoms with Gasteiger partial charge in [0.15, 0.2) is 5.79 Å². The van der Waals surface area contributed by atoms with Crippen LogP contribution in [-0.2, 0) is 9.47 Å². The Morgan fingerprint density at radius 1 is 1.24 bits per heavy atom. The van der Waals surface area contributed by atoms with Crippen molar-refractivity contribution in [2.24, 2.45) is 0 Å². The van der Waals surface area contributed by atoms with Gasteiger partial charge in [-0.2, -0.15) is 0 Å². The summed E-state index contributed by atoms with van der Waals surface area (Å²) in [6.07, 6.45) is 1.53. The number of rotatable bonds is 3. The molecular weight excluding hydrogens is 327 g/mol. The van der Waals surface area contributed by atoms with E-state index in [0.717, 1.165) is 12.8 Å². The van der Waals surface area contributed by atoms with Gasteiger partial charge in [0.05, 0.1) is 6.10 Å². The van der Waals surface area contributed by atoms with Gasteiger partial charge in [0, 0.05) is 3.57 Å². The van der Waals surface area contributed by atoms with E-state index in [9.17, 15) is 0 Å². The summed E-state index contributed by atoms with van der Waals surface area (Å²) in [6, 6.07) is 8.25. The van der Waals surface area contributed by atoms with E-state index in [-0.39, 0.29) is 12.2 Å². The molecule has 0 amide bonds. The van der Waals surface area contributed by atoms with Crippen molar-refractivity contribution >= 4 is 22.6 Å². The average Bonchev–Trinajstić information content (AvgIpc) is 2.68. The van der Waals surface area contributed by atoms with Crippen LogP contribution < -0.4 is 0 Å². The summed E-state index contributed by atoms with van der Waals surface area (Å²) in [5.41, 5.74) is 1.18. The van der Waals surface area contributed by atoms with Gasteiger partial charge in [0.1, 0.15) is 6.10 Å². The Balaban J connectivity index is 2.27. The maximum Gasteiger partial charge on any atom is 0.169 e. The van der Waals surface area contributed by atoms with Gasteiger partial charge in [0.2, 0.25) is 0 Å². The number of ether oxygens (including phenoxy) is 2. The summed E-state index contributed by atoms with van der Waals surface area (Å²) in [5, 5.41) is 0. The zero-order valence-electron chi connectivity index (χ0n) is 10.3. The highest BCUT2D eigenvalue weighted by atomic mass is 127. The summed E-state index contributed by atoms with van der Waals surface area (Å²) in [4.78, 5) is 0. The van der Waals surface area contributed by atoms with E-state index in [1.165, 1.54) is 9.13 Å². The number of benzene rings is 1. The predicted molar refractivity (Wildman–Crippen MR) is 76.5 cm³/mol. The van der Waals surface area contributed by atoms with Gasteiger partial charge < -0.3 is 9.47 Å². The van der Waals surface area contributed by atoms with Crippen LogP contribution in [0.15, 0.2) is 24.3 Å². The molecule has 2 atom stereocenters. The highest BCUT2D eigenvalue weighted by Crippen LogP contribution is 2.42. The SMILES string of the molecule is [CH2]C1OC(CC)(CC)OC1c1ccccc1I. The van der Waals surface area contributed by atoms with Crippen LogP contribution in [0.3, 0.4) is 0 Å². The second-order valence-corrected chi connectivity index (χ2v) is 5.50. The minimum Gasteiger partial charge on any atom is -0.344 e. The molecule has 1 heterocycles. The van der Waals surface area contributed by atoms with Gasteiger partial charge in [-0.25, -0.2) is 0 Å². The third kappa shape index (κ3) is 2.51. The third-order valence-corrected chi connectivity index (χ3v) is 4.32. The van der Waals surface area contributed by atoms with Crippen molar-refractivity contribution in [2.75, 3.05) is 0 Å². The molecule has 2 nitrogen and oxygen atoms in total. The molecule has 0 aliphatic carbocycles. The summed E-state index contributed by atoms with van der Waals surface area (Å²) >= 11 is 2.33. The van der Waals surface area contributed by atoms with Crippen LogP contribution >= 0.6 is 22.6 Å². The van der Waals surface area contributed by atoms with Gasteiger partial charge in [-0.3, -0.25) is 0 Å². The number of hydrogen-bond donors (Lipinski definition) is 0. The van der Waals surface area contributed by atoms with Gasteiger partial charge in [-0.15, -0.1) is 0 Å². The molecule has 1 radical (unpaired) electrons. The predicted octanol–water partition coefficient (Wildman–Crippen LogP) is 4.10. The molecule has 0 spiro atoms. The van der Waals surface area contributed by atoms with Gasteiger partial charge in [-0.1, -0.05) is 32.0 Å². The second-order valence-electron chi connectivity index (χ2n) is 4.33. The highest BCUT2D eigenvalue weighted by molar-refractivity contribution is 14.1. The maximum atomic E-state index is 6.14. The topological polar surface area (TPSA) is 18.5 Å². The van der Waals surface area contributed by atoms with Crippen LogP contribution in [0.2, 0.25) is 0 Å². The molecule has 93 valence electrons. The van der Waals surface area contributed by atoms with Gasteiger partial charge >= 0.3 is 0 Å². The zero-order chi connectivity index (χ0) is 12.5. The maximum absolute atomic E-state index is 6.14. The second kappa shape index (κ2) is 5.24. The summed E-state index contributed by atoms with van der Waals surface area (Å²) in [5.74, 6) is -0.448. The van der Waals surface area contributed by atoms with E-state index >= 15 is 0 Å². The van der Waals surface area contributed by atoms with Gasteiger partial charge in [-0.05, 0) is 54.0 Å². The molecule has 0 saturated carbocycles. The molecule has 1 saturated heterocycles. The highest BCUT2D eigenvalue weighted by Gasteiger charge is 2.44. The summed E-state index contributed by atoms with van der Waals surface area (Å²) in [6.45, 7) is 8.26. The molecule has 0 N–H and O–H groups in total. The normalized spacial score (nSPS) is 27.3. The zero-order valence-corrected chi connectivity index (χ0v) is 12.4. The fourth-order valence-electron chi connectivity index (χ4n) is 2.23. The molecule has 0 aromatic heterocycles. The number of hydrogen-bond acceptors (Lipinski definition) is 2. The van der Waals surface area contributed by atoms with E-state index in [2.05, 4.69) is 55.5 Å². The summed E-state index contributed by atoms with van der Waals surface area (Å²) in [7, 11) is 0. The van der Waals surface area contributed by atoms with E-state index < -0.39 is 5.79 Å². The molecule has 2 unspecified atom stereocenters. The molecule has 3 heteroatoms. The first-order valence-electron chi connectivity index (χ1n) is 6.05. The molecule has 1 fully saturated rings. The minimum atomic E-state index is -0.448. The van der Waals surface area contributed by atoms with Crippen molar-refractivity contribution in [3.8, 4) is 0 Å². The Hall–Kier alpha value is -0.130. The first-order valence-corrected chi connectivity index (χ1v) is 7.13. The quantitative estimate of drug-likeness (QED) is 0.768. The van der Waals surface area contributed by atoms with E-state index in [4.69, 9.17) is 9.47 Å². The Morgan fingerprint density at radius 3 is 2.41 bits per heavy atom. The molecule has 1 aliphatic rings. The van der Waals surface area contributed by atoms with Crippen LogP contribution in [-0.4, -0.2) is 11.9 Å². The molecule has 1 aliphatic heterocycles. The lowest BCUT2D eigenvalue weighted by atomic mass is 10.1. The van der Waals surface area contributed by atoms with Crippen molar-refractivity contribution in [3.05, 3.63) is 40.3 Å². The van der Waals surface area contributed by atoms with Crippen LogP contribution in [0.4, 0.5) is 0 Å². The molecule has 1 aromatic carbocycles. The smallest absolute Gasteiger partial charge is 0.169 e. The lowest BCUT2D eigenvalue weighted by molar-refractivity contribution is -0.177. The third-order valence-electron chi connectivity index (χ3n) is 3.33. The van der Waals surface area contributed by atoms with E-state index in [1.54, 1.807) is 0 Å². The molecule has 17 heavy (non-hydrogen) atoms. The fraction of sp³-hybridized carbons (Fsp3) is 0.500. The largest absolute Gasteiger partial charge is 0.344 e. The van der Waals surface area contributed by atoms with Crippen molar-refractivity contribution in [1.82, 2.24) is 0 Å². The standard InChI is InChI=1S/C14H18IO2/c1-4-14(5-2)16-10(3)13(17-14)11-8-6-7-9-12(11)15/h6-10,13H,3-5H2,1-2H3. The average molecular weight is 345 g/mol. The molecule has 2 rings (SSSR count). The monoisotopic (exact) mass is 345 g/mol. The molecule has 1 aromatic rings. The Morgan fingerprint density at radius 2 is 1.88 bits per heavy atom. The Kier molecular flexibility index (Phi) is 4.10. The van der Waals surface area contributed by atoms with Crippen LogP contribution in [0.25, 0.3) is 0 Å². The van der Waals surface area contributed by atoms with Crippen molar-refractivity contribution in [1.29, 1.82) is 0 Å². The minimum absolute atomic E-state index is 0.0528. The number of halogens is 1. The van der Waals surface area contributed by atoms with Crippen molar-refractivity contribution < 1.29 is 9.47 Å². The Bertz CT molecular complexity index is 388. The fourth-order valence-corrected chi connectivity index (χ4v) is 2.92. The van der Waals surface area contributed by atoms with E-state index in [1.807, 2.05) is 12.1 Å². The van der Waals surface area contributed by atoms with Gasteiger partial charge in [0.25, 0.3) is 0 Å². The lowest BCUT2D eigenvalue weighted by Gasteiger charge is -2.25. The van der Waals surface area contributed by atoms with Crippen LogP contribution in [0.5, 0.6) is 0 Å². The van der Waals surface area contributed by atoms with Crippen LogP contribution in [0.1, 0.15) is 38.4 Å². The van der Waals surface area contributed by atoms with Crippen LogP contribution in [0, 0.1) is 10.5 Å². The van der Waals surface area contributed by atoms with Crippen molar-refractivity contribution in [3.63, 3.8) is 0 Å². The summed E-state index contributed by atoms with van der Waals surface area (Å²) < 4.78 is 13.3. The van der Waals surface area contributed by atoms with E-state index in [0.29, 0.717) is 0 Å². The first kappa shape index (κ1) is 13.3.